The average Bonchev–Trinajstić information content (AvgIpc) is 3.44. The first-order valence-corrected chi connectivity index (χ1v) is 10.9. The highest BCUT2D eigenvalue weighted by Gasteiger charge is 2.29. The fourth-order valence-corrected chi connectivity index (χ4v) is 6.20. The summed E-state index contributed by atoms with van der Waals surface area (Å²) in [5.74, 6) is 0. The number of para-hydroxylation sites is 6. The molecule has 6 aromatic rings. The van der Waals surface area contributed by atoms with Crippen molar-refractivity contribution in [2.45, 2.75) is 0 Å². The van der Waals surface area contributed by atoms with E-state index < -0.39 is 8.80 Å². The van der Waals surface area contributed by atoms with Crippen molar-refractivity contribution in [3.05, 3.63) is 72.8 Å². The molecule has 3 aromatic carbocycles. The molecule has 0 unspecified atom stereocenters. The smallest absolute Gasteiger partial charge is 0.263 e. The van der Waals surface area contributed by atoms with Crippen LogP contribution >= 0.6 is 0 Å². The van der Waals surface area contributed by atoms with Crippen LogP contribution in [0.25, 0.3) is 33.1 Å². The molecule has 0 radical (unpaired) electrons. The van der Waals surface area contributed by atoms with Crippen LogP contribution in [0, 0.1) is 0 Å². The topological polar surface area (TPSA) is 86.0 Å². The molecule has 0 amide bonds. The summed E-state index contributed by atoms with van der Waals surface area (Å²) in [6.07, 6.45) is 0. The summed E-state index contributed by atoms with van der Waals surface area (Å²) in [6, 6.07) is 24.3. The summed E-state index contributed by atoms with van der Waals surface area (Å²) in [4.78, 5) is 25.2. The molecule has 6 nitrogen and oxygen atoms in total. The van der Waals surface area contributed by atoms with Crippen LogP contribution < -0.4 is 16.3 Å². The van der Waals surface area contributed by atoms with Crippen LogP contribution in [0.1, 0.15) is 0 Å². The minimum atomic E-state index is -2.03. The molecule has 0 fully saturated rings. The van der Waals surface area contributed by atoms with Crippen LogP contribution in [0.2, 0.25) is 0 Å². The number of benzene rings is 3. The van der Waals surface area contributed by atoms with E-state index in [1.165, 1.54) is 0 Å². The minimum absolute atomic E-state index is 0.944. The number of imidazole rings is 3. The average molecular weight is 380 g/mol. The van der Waals surface area contributed by atoms with Crippen LogP contribution in [0.4, 0.5) is 0 Å². The maximum absolute atomic E-state index is 4.89. The summed E-state index contributed by atoms with van der Waals surface area (Å²) >= 11 is 0. The molecule has 0 saturated heterocycles. The third-order valence-electron chi connectivity index (χ3n) is 5.04. The summed E-state index contributed by atoms with van der Waals surface area (Å²) in [6.45, 7) is 0. The van der Waals surface area contributed by atoms with Crippen molar-refractivity contribution in [2.24, 2.45) is 0 Å². The quantitative estimate of drug-likeness (QED) is 0.407. The number of fused-ring (bicyclic) bond motifs is 3. The van der Waals surface area contributed by atoms with Crippen molar-refractivity contribution in [1.29, 1.82) is 0 Å². The van der Waals surface area contributed by atoms with Crippen molar-refractivity contribution in [2.75, 3.05) is 0 Å². The number of H-pyrrole nitrogens is 3. The van der Waals surface area contributed by atoms with Gasteiger partial charge in [0.1, 0.15) is 0 Å². The van der Waals surface area contributed by atoms with E-state index in [-0.39, 0.29) is 0 Å². The molecule has 0 aliphatic rings. The number of nitrogens with one attached hydrogen (secondary N) is 3. The standard InChI is InChI=1S/C21H16N6Si/c1-2-8-14-13(7-1)22-19(23-14)28(20-24-15-9-3-4-10-16(15)25-20)21-26-17-11-5-6-12-18(17)27-21/h1-12,28H,(H,22,23)(H,24,25)(H,26,27). The van der Waals surface area contributed by atoms with Crippen molar-refractivity contribution >= 4 is 58.2 Å². The van der Waals surface area contributed by atoms with Crippen LogP contribution in [0.15, 0.2) is 72.8 Å². The Balaban J connectivity index is 1.60. The number of aromatic amines is 3. The van der Waals surface area contributed by atoms with Gasteiger partial charge in [-0.3, -0.25) is 0 Å². The SMILES string of the molecule is c1ccc2[nH]c([SiH](c3nc4ccccc4[nH]3)c3nc4ccccc4[nH]3)nc2c1. The number of hydrogen-bond donors (Lipinski definition) is 3. The molecular weight excluding hydrogens is 364 g/mol. The van der Waals surface area contributed by atoms with Gasteiger partial charge >= 0.3 is 0 Å². The zero-order chi connectivity index (χ0) is 18.5. The molecule has 134 valence electrons. The zero-order valence-electron chi connectivity index (χ0n) is 14.8. The molecule has 3 N–H and O–H groups in total. The van der Waals surface area contributed by atoms with Gasteiger partial charge in [0, 0.05) is 0 Å². The third kappa shape index (κ3) is 2.37. The summed E-state index contributed by atoms with van der Waals surface area (Å²) in [5, 5.41) is 0. The second-order valence-electron chi connectivity index (χ2n) is 6.85. The van der Waals surface area contributed by atoms with E-state index >= 15 is 0 Å². The van der Waals surface area contributed by atoms with E-state index in [1.54, 1.807) is 0 Å². The molecule has 3 aromatic heterocycles. The first kappa shape index (κ1) is 15.4. The Morgan fingerprint density at radius 2 is 0.786 bits per heavy atom. The molecule has 0 aliphatic heterocycles. The molecule has 28 heavy (non-hydrogen) atoms. The molecule has 0 spiro atoms. The number of aromatic nitrogens is 6. The highest BCUT2D eigenvalue weighted by Crippen LogP contribution is 2.10. The Bertz CT molecular complexity index is 1170. The van der Waals surface area contributed by atoms with Gasteiger partial charge in [-0.2, -0.15) is 0 Å². The molecule has 0 saturated carbocycles. The minimum Gasteiger partial charge on any atom is -0.345 e. The van der Waals surface area contributed by atoms with E-state index in [1.807, 2.05) is 54.6 Å². The molecule has 3 heterocycles. The molecule has 7 heteroatoms. The Labute approximate surface area is 161 Å². The largest absolute Gasteiger partial charge is 0.345 e. The van der Waals surface area contributed by atoms with Gasteiger partial charge in [0.15, 0.2) is 0 Å². The van der Waals surface area contributed by atoms with Crippen molar-refractivity contribution < 1.29 is 0 Å². The lowest BCUT2D eigenvalue weighted by Gasteiger charge is -2.07. The Morgan fingerprint density at radius 1 is 0.464 bits per heavy atom. The fourth-order valence-electron chi connectivity index (χ4n) is 3.72. The second kappa shape index (κ2) is 5.90. The first-order valence-electron chi connectivity index (χ1n) is 9.19. The fraction of sp³-hybridized carbons (Fsp3) is 0. The third-order valence-corrected chi connectivity index (χ3v) is 7.50. The number of rotatable bonds is 3. The lowest BCUT2D eigenvalue weighted by Crippen LogP contribution is -2.57. The van der Waals surface area contributed by atoms with Gasteiger partial charge in [0.25, 0.3) is 8.80 Å². The molecule has 0 bridgehead atoms. The monoisotopic (exact) mass is 380 g/mol. The van der Waals surface area contributed by atoms with Crippen molar-refractivity contribution in [3.8, 4) is 0 Å². The Hall–Kier alpha value is -3.71. The maximum atomic E-state index is 4.89. The predicted molar refractivity (Wildman–Crippen MR) is 114 cm³/mol. The Kier molecular flexibility index (Phi) is 3.23. The van der Waals surface area contributed by atoms with Crippen LogP contribution in [-0.4, -0.2) is 38.7 Å². The highest BCUT2D eigenvalue weighted by atomic mass is 28.3. The van der Waals surface area contributed by atoms with Crippen LogP contribution in [0.5, 0.6) is 0 Å². The van der Waals surface area contributed by atoms with Gasteiger partial charge in [-0.25, -0.2) is 15.0 Å². The van der Waals surface area contributed by atoms with E-state index in [0.717, 1.165) is 49.4 Å². The molecule has 0 aliphatic carbocycles. The van der Waals surface area contributed by atoms with Crippen molar-refractivity contribution in [3.63, 3.8) is 0 Å². The maximum Gasteiger partial charge on any atom is 0.263 e. The summed E-state index contributed by atoms with van der Waals surface area (Å²) < 4.78 is 0. The molecular formula is C21H16N6Si. The van der Waals surface area contributed by atoms with Gasteiger partial charge in [0.05, 0.1) is 49.4 Å². The first-order chi connectivity index (χ1) is 13.8. The van der Waals surface area contributed by atoms with Gasteiger partial charge in [0.2, 0.25) is 0 Å². The molecule has 6 rings (SSSR count). The number of hydrogen-bond acceptors (Lipinski definition) is 3. The van der Waals surface area contributed by atoms with Gasteiger partial charge in [-0.05, 0) is 36.4 Å². The summed E-state index contributed by atoms with van der Waals surface area (Å²) in [7, 11) is -2.03. The van der Waals surface area contributed by atoms with E-state index in [2.05, 4.69) is 33.2 Å². The highest BCUT2D eigenvalue weighted by molar-refractivity contribution is 6.92. The van der Waals surface area contributed by atoms with Gasteiger partial charge in [-0.1, -0.05) is 36.4 Å². The predicted octanol–water partition coefficient (Wildman–Crippen LogP) is 1.56. The zero-order valence-corrected chi connectivity index (χ0v) is 16.0. The normalized spacial score (nSPS) is 11.9. The van der Waals surface area contributed by atoms with Crippen molar-refractivity contribution in [1.82, 2.24) is 29.9 Å². The molecule has 0 atom stereocenters. The second-order valence-corrected chi connectivity index (χ2v) is 9.36. The van der Waals surface area contributed by atoms with Gasteiger partial charge < -0.3 is 15.0 Å². The Morgan fingerprint density at radius 3 is 1.11 bits per heavy atom. The van der Waals surface area contributed by atoms with E-state index in [4.69, 9.17) is 15.0 Å². The lowest BCUT2D eigenvalue weighted by atomic mass is 10.3. The number of nitrogens with zero attached hydrogens (tertiary/aromatic N) is 3. The van der Waals surface area contributed by atoms with Crippen LogP contribution in [-0.2, 0) is 0 Å². The van der Waals surface area contributed by atoms with E-state index in [9.17, 15) is 0 Å². The summed E-state index contributed by atoms with van der Waals surface area (Å²) in [5.41, 5.74) is 8.80. The van der Waals surface area contributed by atoms with Crippen LogP contribution in [0.3, 0.4) is 0 Å². The van der Waals surface area contributed by atoms with Gasteiger partial charge in [-0.15, -0.1) is 0 Å². The lowest BCUT2D eigenvalue weighted by molar-refractivity contribution is 1.35. The van der Waals surface area contributed by atoms with E-state index in [0.29, 0.717) is 0 Å².